The second kappa shape index (κ2) is 5.98. The lowest BCUT2D eigenvalue weighted by molar-refractivity contribution is 0.0702. The van der Waals surface area contributed by atoms with Gasteiger partial charge >= 0.3 is 0 Å². The molecule has 1 N–H and O–H groups in total. The molecule has 1 aliphatic heterocycles. The van der Waals surface area contributed by atoms with Gasteiger partial charge in [-0.1, -0.05) is 48.5 Å². The van der Waals surface area contributed by atoms with Crippen molar-refractivity contribution in [2.45, 2.75) is 37.7 Å². The molecule has 0 aromatic heterocycles. The average molecular weight is 331 g/mol. The first-order chi connectivity index (χ1) is 10.8. The molecule has 1 unspecified atom stereocenters. The third-order valence-corrected chi connectivity index (χ3v) is 5.25. The maximum atomic E-state index is 12.5. The van der Waals surface area contributed by atoms with Crippen LogP contribution in [0.4, 0.5) is 0 Å². The predicted octanol–water partition coefficient (Wildman–Crippen LogP) is 3.41. The van der Waals surface area contributed by atoms with E-state index in [0.717, 1.165) is 16.9 Å². The summed E-state index contributed by atoms with van der Waals surface area (Å²) in [7, 11) is -3.43. The van der Waals surface area contributed by atoms with Crippen molar-refractivity contribution in [1.29, 1.82) is 0 Å². The molecule has 23 heavy (non-hydrogen) atoms. The van der Waals surface area contributed by atoms with Gasteiger partial charge in [0.1, 0.15) is 11.4 Å². The topological polar surface area (TPSA) is 55.4 Å². The van der Waals surface area contributed by atoms with Crippen LogP contribution in [-0.4, -0.2) is 14.0 Å². The Morgan fingerprint density at radius 2 is 1.74 bits per heavy atom. The maximum absolute atomic E-state index is 12.5. The number of hydrogen-bond donors (Lipinski definition) is 1. The van der Waals surface area contributed by atoms with Gasteiger partial charge in [-0.3, -0.25) is 0 Å². The molecule has 0 saturated carbocycles. The van der Waals surface area contributed by atoms with Crippen LogP contribution in [0, 0.1) is 0 Å². The Bertz CT molecular complexity index is 785. The van der Waals surface area contributed by atoms with Crippen molar-refractivity contribution < 1.29 is 13.2 Å². The Morgan fingerprint density at radius 1 is 1.09 bits per heavy atom. The first-order valence-electron chi connectivity index (χ1n) is 7.67. The number of hydrogen-bond acceptors (Lipinski definition) is 3. The van der Waals surface area contributed by atoms with Gasteiger partial charge in [-0.05, 0) is 25.5 Å². The van der Waals surface area contributed by atoms with Gasteiger partial charge in [0.25, 0.3) is 0 Å². The second-order valence-corrected chi connectivity index (χ2v) is 8.27. The first-order valence-corrected chi connectivity index (χ1v) is 9.32. The predicted molar refractivity (Wildman–Crippen MR) is 90.7 cm³/mol. The van der Waals surface area contributed by atoms with E-state index in [4.69, 9.17) is 4.74 Å². The first kappa shape index (κ1) is 16.0. The molecule has 0 aliphatic carbocycles. The third-order valence-electron chi connectivity index (χ3n) is 3.90. The summed E-state index contributed by atoms with van der Waals surface area (Å²) in [6.45, 7) is 3.95. The summed E-state index contributed by atoms with van der Waals surface area (Å²) in [5.74, 6) is 0.726. The Labute approximate surface area is 137 Å². The van der Waals surface area contributed by atoms with Gasteiger partial charge in [-0.15, -0.1) is 0 Å². The number of ether oxygens (including phenoxy) is 1. The summed E-state index contributed by atoms with van der Waals surface area (Å²) in [5, 5.41) is 0. The maximum Gasteiger partial charge on any atom is 0.216 e. The molecule has 0 radical (unpaired) electrons. The van der Waals surface area contributed by atoms with Crippen molar-refractivity contribution in [2.24, 2.45) is 0 Å². The molecule has 2 aromatic carbocycles. The smallest absolute Gasteiger partial charge is 0.216 e. The molecule has 2 aromatic rings. The van der Waals surface area contributed by atoms with E-state index in [1.807, 2.05) is 68.4 Å². The summed E-state index contributed by atoms with van der Waals surface area (Å²) in [5.41, 5.74) is 1.26. The summed E-state index contributed by atoms with van der Waals surface area (Å²) in [6.07, 6.45) is 0.595. The molecule has 122 valence electrons. The highest BCUT2D eigenvalue weighted by Crippen LogP contribution is 2.39. The highest BCUT2D eigenvalue weighted by Gasteiger charge is 2.35. The van der Waals surface area contributed by atoms with Crippen molar-refractivity contribution >= 4 is 10.0 Å². The van der Waals surface area contributed by atoms with E-state index in [9.17, 15) is 8.42 Å². The lowest BCUT2D eigenvalue weighted by Gasteiger charge is -2.37. The van der Waals surface area contributed by atoms with Crippen LogP contribution in [-0.2, 0) is 15.8 Å². The highest BCUT2D eigenvalue weighted by molar-refractivity contribution is 7.88. The SMILES string of the molecule is CC1(C)CC(NS(=O)(=O)Cc2ccccc2)c2ccccc2O1. The molecule has 0 spiro atoms. The summed E-state index contributed by atoms with van der Waals surface area (Å²) in [6, 6.07) is 16.5. The summed E-state index contributed by atoms with van der Waals surface area (Å²) < 4.78 is 33.9. The van der Waals surface area contributed by atoms with Crippen molar-refractivity contribution in [1.82, 2.24) is 4.72 Å². The van der Waals surface area contributed by atoms with Crippen LogP contribution in [0.3, 0.4) is 0 Å². The van der Waals surface area contributed by atoms with E-state index in [1.54, 1.807) is 0 Å². The van der Waals surface area contributed by atoms with Crippen molar-refractivity contribution in [3.05, 3.63) is 65.7 Å². The van der Waals surface area contributed by atoms with Gasteiger partial charge in [-0.25, -0.2) is 13.1 Å². The molecule has 0 bridgehead atoms. The Balaban J connectivity index is 1.84. The molecular formula is C18H21NO3S. The molecule has 0 saturated heterocycles. The van der Waals surface area contributed by atoms with E-state index in [2.05, 4.69) is 4.72 Å². The van der Waals surface area contributed by atoms with Crippen LogP contribution in [0.15, 0.2) is 54.6 Å². The number of sulfonamides is 1. The Hall–Kier alpha value is -1.85. The third kappa shape index (κ3) is 3.92. The highest BCUT2D eigenvalue weighted by atomic mass is 32.2. The van der Waals surface area contributed by atoms with Crippen LogP contribution in [0.5, 0.6) is 5.75 Å². The van der Waals surface area contributed by atoms with Crippen LogP contribution in [0.1, 0.15) is 37.4 Å². The average Bonchev–Trinajstić information content (AvgIpc) is 2.46. The minimum atomic E-state index is -3.43. The zero-order valence-corrected chi connectivity index (χ0v) is 14.1. The van der Waals surface area contributed by atoms with Gasteiger partial charge in [0, 0.05) is 12.0 Å². The lowest BCUT2D eigenvalue weighted by Crippen LogP contribution is -2.41. The van der Waals surface area contributed by atoms with Gasteiger partial charge < -0.3 is 4.74 Å². The molecule has 1 heterocycles. The van der Waals surface area contributed by atoms with Gasteiger partial charge in [0.05, 0.1) is 11.8 Å². The van der Waals surface area contributed by atoms with E-state index in [0.29, 0.717) is 6.42 Å². The normalized spacial score (nSPS) is 19.7. The minimum Gasteiger partial charge on any atom is -0.487 e. The zero-order chi connectivity index (χ0) is 16.5. The number of nitrogens with one attached hydrogen (secondary N) is 1. The number of rotatable bonds is 4. The van der Waals surface area contributed by atoms with Gasteiger partial charge in [0.15, 0.2) is 0 Å². The van der Waals surface area contributed by atoms with E-state index < -0.39 is 15.6 Å². The van der Waals surface area contributed by atoms with E-state index >= 15 is 0 Å². The number of para-hydroxylation sites is 1. The lowest BCUT2D eigenvalue weighted by atomic mass is 9.90. The molecule has 1 aliphatic rings. The second-order valence-electron chi connectivity index (χ2n) is 6.52. The minimum absolute atomic E-state index is 0.0200. The fraction of sp³-hybridized carbons (Fsp3) is 0.333. The van der Waals surface area contributed by atoms with E-state index in [1.165, 1.54) is 0 Å². The van der Waals surface area contributed by atoms with Crippen LogP contribution in [0.2, 0.25) is 0 Å². The molecule has 1 atom stereocenters. The van der Waals surface area contributed by atoms with Crippen molar-refractivity contribution in [2.75, 3.05) is 0 Å². The molecular weight excluding hydrogens is 310 g/mol. The molecule has 4 nitrogen and oxygen atoms in total. The quantitative estimate of drug-likeness (QED) is 0.934. The van der Waals surface area contributed by atoms with Gasteiger partial charge in [0.2, 0.25) is 10.0 Å². The van der Waals surface area contributed by atoms with Crippen molar-refractivity contribution in [3.8, 4) is 5.75 Å². The summed E-state index contributed by atoms with van der Waals surface area (Å²) >= 11 is 0. The Kier molecular flexibility index (Phi) is 4.17. The molecule has 0 amide bonds. The van der Waals surface area contributed by atoms with Crippen LogP contribution >= 0.6 is 0 Å². The molecule has 0 fully saturated rings. The largest absolute Gasteiger partial charge is 0.487 e. The van der Waals surface area contributed by atoms with E-state index in [-0.39, 0.29) is 11.8 Å². The number of fused-ring (bicyclic) bond motifs is 1. The molecule has 3 rings (SSSR count). The fourth-order valence-electron chi connectivity index (χ4n) is 2.96. The van der Waals surface area contributed by atoms with Crippen LogP contribution in [0.25, 0.3) is 0 Å². The van der Waals surface area contributed by atoms with Gasteiger partial charge in [-0.2, -0.15) is 0 Å². The fourth-order valence-corrected chi connectivity index (χ4v) is 4.32. The van der Waals surface area contributed by atoms with Crippen LogP contribution < -0.4 is 9.46 Å². The zero-order valence-electron chi connectivity index (χ0n) is 13.3. The number of benzene rings is 2. The standard InChI is InChI=1S/C18H21NO3S/c1-18(2)12-16(15-10-6-7-11-17(15)22-18)19-23(20,21)13-14-8-4-3-5-9-14/h3-11,16,19H,12-13H2,1-2H3. The Morgan fingerprint density at radius 3 is 2.48 bits per heavy atom. The summed E-state index contributed by atoms with van der Waals surface area (Å²) in [4.78, 5) is 0. The monoisotopic (exact) mass is 331 g/mol. The molecule has 5 heteroatoms. The van der Waals surface area contributed by atoms with Crippen molar-refractivity contribution in [3.63, 3.8) is 0 Å².